The summed E-state index contributed by atoms with van der Waals surface area (Å²) < 4.78 is 0. The van der Waals surface area contributed by atoms with E-state index in [0.29, 0.717) is 12.2 Å². The maximum Gasteiger partial charge on any atom is 0.268 e. The number of anilines is 1. The van der Waals surface area contributed by atoms with Gasteiger partial charge in [-0.15, -0.1) is 0 Å². The number of rotatable bonds is 4. The molecule has 0 aromatic heterocycles. The number of carbonyl (C=O) groups excluding carboxylic acids is 2. The van der Waals surface area contributed by atoms with Crippen molar-refractivity contribution in [1.82, 2.24) is 5.32 Å². The van der Waals surface area contributed by atoms with Gasteiger partial charge in [0.2, 0.25) is 5.60 Å². The van der Waals surface area contributed by atoms with Gasteiger partial charge >= 0.3 is 0 Å². The van der Waals surface area contributed by atoms with Gasteiger partial charge < -0.3 is 15.3 Å². The first-order chi connectivity index (χ1) is 11.1. The van der Waals surface area contributed by atoms with E-state index in [4.69, 9.17) is 0 Å². The summed E-state index contributed by atoms with van der Waals surface area (Å²) in [6.07, 6.45) is 0.0847. The average molecular weight is 310 g/mol. The van der Waals surface area contributed by atoms with E-state index in [0.717, 1.165) is 5.56 Å². The lowest BCUT2D eigenvalue weighted by Crippen LogP contribution is -2.52. The van der Waals surface area contributed by atoms with Crippen LogP contribution in [0.1, 0.15) is 12.0 Å². The first-order valence-electron chi connectivity index (χ1n) is 7.53. The Morgan fingerprint density at radius 2 is 1.70 bits per heavy atom. The van der Waals surface area contributed by atoms with Gasteiger partial charge in [-0.2, -0.15) is 0 Å². The molecule has 0 radical (unpaired) electrons. The Kier molecular flexibility index (Phi) is 4.12. The monoisotopic (exact) mass is 310 g/mol. The number of hydrogen-bond acceptors (Lipinski definition) is 3. The van der Waals surface area contributed by atoms with Crippen LogP contribution >= 0.6 is 0 Å². The van der Waals surface area contributed by atoms with Crippen LogP contribution in [-0.4, -0.2) is 29.1 Å². The minimum atomic E-state index is -2.00. The molecule has 5 heteroatoms. The lowest BCUT2D eigenvalue weighted by molar-refractivity contribution is -0.149. The number of benzene rings is 2. The molecule has 1 saturated heterocycles. The quantitative estimate of drug-likeness (QED) is 0.840. The summed E-state index contributed by atoms with van der Waals surface area (Å²) in [7, 11) is 0. The van der Waals surface area contributed by atoms with Crippen LogP contribution in [0.4, 0.5) is 5.69 Å². The number of carbonyl (C=O) groups is 2. The summed E-state index contributed by atoms with van der Waals surface area (Å²) in [6.45, 7) is 0.596. The second-order valence-corrected chi connectivity index (χ2v) is 5.57. The Bertz CT molecular complexity index is 703. The Morgan fingerprint density at radius 3 is 2.35 bits per heavy atom. The molecule has 0 aliphatic carbocycles. The third-order valence-electron chi connectivity index (χ3n) is 4.04. The zero-order valence-electron chi connectivity index (χ0n) is 12.6. The smallest absolute Gasteiger partial charge is 0.268 e. The largest absolute Gasteiger partial charge is 0.372 e. The van der Waals surface area contributed by atoms with Crippen molar-refractivity contribution in [3.05, 3.63) is 66.2 Å². The van der Waals surface area contributed by atoms with E-state index >= 15 is 0 Å². The first-order valence-corrected chi connectivity index (χ1v) is 7.53. The summed E-state index contributed by atoms with van der Waals surface area (Å²) >= 11 is 0. The minimum Gasteiger partial charge on any atom is -0.372 e. The fourth-order valence-corrected chi connectivity index (χ4v) is 2.69. The maximum atomic E-state index is 12.5. The molecule has 1 heterocycles. The molecule has 0 saturated carbocycles. The molecule has 0 spiro atoms. The summed E-state index contributed by atoms with van der Waals surface area (Å²) in [6, 6.07) is 18.4. The molecule has 2 N–H and O–H groups in total. The lowest BCUT2D eigenvalue weighted by Gasteiger charge is -2.21. The van der Waals surface area contributed by atoms with Crippen molar-refractivity contribution in [2.75, 3.05) is 11.4 Å². The topological polar surface area (TPSA) is 69.6 Å². The Labute approximate surface area is 134 Å². The van der Waals surface area contributed by atoms with Gasteiger partial charge in [-0.25, -0.2) is 0 Å². The van der Waals surface area contributed by atoms with Gasteiger partial charge in [-0.1, -0.05) is 48.5 Å². The number of nitrogens with one attached hydrogen (secondary N) is 1. The zero-order chi connectivity index (χ0) is 16.3. The molecule has 1 aliphatic rings. The number of para-hydroxylation sites is 1. The molecule has 2 aromatic rings. The van der Waals surface area contributed by atoms with Crippen molar-refractivity contribution in [3.63, 3.8) is 0 Å². The number of hydrogen-bond donors (Lipinski definition) is 2. The molecule has 118 valence electrons. The van der Waals surface area contributed by atoms with E-state index in [1.165, 1.54) is 4.90 Å². The Morgan fingerprint density at radius 1 is 1.09 bits per heavy atom. The fraction of sp³-hybridized carbons (Fsp3) is 0.222. The molecule has 0 unspecified atom stereocenters. The first kappa shape index (κ1) is 15.2. The molecule has 3 rings (SSSR count). The van der Waals surface area contributed by atoms with Crippen molar-refractivity contribution in [2.24, 2.45) is 0 Å². The molecule has 2 aromatic carbocycles. The van der Waals surface area contributed by atoms with Crippen molar-refractivity contribution in [2.45, 2.75) is 18.6 Å². The normalized spacial score (nSPS) is 20.6. The van der Waals surface area contributed by atoms with E-state index < -0.39 is 17.4 Å². The van der Waals surface area contributed by atoms with Crippen LogP contribution < -0.4 is 10.2 Å². The minimum absolute atomic E-state index is 0.0847. The van der Waals surface area contributed by atoms with Gasteiger partial charge in [0.05, 0.1) is 0 Å². The highest BCUT2D eigenvalue weighted by Gasteiger charge is 2.51. The molecule has 2 amide bonds. The molecule has 1 aliphatic heterocycles. The Hall–Kier alpha value is -2.66. The van der Waals surface area contributed by atoms with Gasteiger partial charge in [-0.05, 0) is 17.7 Å². The number of nitrogens with zero attached hydrogens (tertiary/aromatic N) is 1. The predicted molar refractivity (Wildman–Crippen MR) is 86.7 cm³/mol. The van der Waals surface area contributed by atoms with Crippen LogP contribution in [0.5, 0.6) is 0 Å². The average Bonchev–Trinajstić information content (AvgIpc) is 2.91. The van der Waals surface area contributed by atoms with Crippen molar-refractivity contribution >= 4 is 17.5 Å². The number of aliphatic hydroxyl groups is 1. The maximum absolute atomic E-state index is 12.5. The van der Waals surface area contributed by atoms with Crippen LogP contribution in [0.25, 0.3) is 0 Å². The van der Waals surface area contributed by atoms with Crippen LogP contribution in [0.2, 0.25) is 0 Å². The second-order valence-electron chi connectivity index (χ2n) is 5.57. The highest BCUT2D eigenvalue weighted by molar-refractivity contribution is 6.16. The van der Waals surface area contributed by atoms with Gasteiger partial charge in [0.15, 0.2) is 0 Å². The Balaban J connectivity index is 1.69. The predicted octanol–water partition coefficient (Wildman–Crippen LogP) is 1.47. The standard InChI is InChI=1S/C18H18N2O3/c21-16(19-13-14-7-3-1-4-8-14)18(23)11-12-20(17(18)22)15-9-5-2-6-10-15/h1-10,23H,11-13H2,(H,19,21)/t18-/m1/s1. The van der Waals surface area contributed by atoms with Gasteiger partial charge in [0.25, 0.3) is 11.8 Å². The summed E-state index contributed by atoms with van der Waals surface area (Å²) in [4.78, 5) is 26.3. The molecular formula is C18H18N2O3. The lowest BCUT2D eigenvalue weighted by atomic mass is 10.0. The van der Waals surface area contributed by atoms with Crippen molar-refractivity contribution in [1.29, 1.82) is 0 Å². The van der Waals surface area contributed by atoms with Crippen molar-refractivity contribution in [3.8, 4) is 0 Å². The van der Waals surface area contributed by atoms with Gasteiger partial charge in [0, 0.05) is 25.2 Å². The van der Waals surface area contributed by atoms with Crippen LogP contribution in [-0.2, 0) is 16.1 Å². The van der Waals surface area contributed by atoms with E-state index in [2.05, 4.69) is 5.32 Å². The summed E-state index contributed by atoms with van der Waals surface area (Å²) in [5.41, 5.74) is -0.399. The molecule has 1 fully saturated rings. The number of amides is 2. The second kappa shape index (κ2) is 6.22. The fourth-order valence-electron chi connectivity index (χ4n) is 2.69. The highest BCUT2D eigenvalue weighted by Crippen LogP contribution is 2.28. The molecule has 1 atom stereocenters. The van der Waals surface area contributed by atoms with Crippen molar-refractivity contribution < 1.29 is 14.7 Å². The van der Waals surface area contributed by atoms with Gasteiger partial charge in [-0.3, -0.25) is 9.59 Å². The molecule has 23 heavy (non-hydrogen) atoms. The summed E-state index contributed by atoms with van der Waals surface area (Å²) in [5, 5.41) is 13.2. The SMILES string of the molecule is O=C(NCc1ccccc1)[C@]1(O)CCN(c2ccccc2)C1=O. The third-order valence-corrected chi connectivity index (χ3v) is 4.04. The van der Waals surface area contributed by atoms with Crippen LogP contribution in [0.15, 0.2) is 60.7 Å². The van der Waals surface area contributed by atoms with Crippen LogP contribution in [0, 0.1) is 0 Å². The molecule has 5 nitrogen and oxygen atoms in total. The van der Waals surface area contributed by atoms with E-state index in [9.17, 15) is 14.7 Å². The highest BCUT2D eigenvalue weighted by atomic mass is 16.3. The van der Waals surface area contributed by atoms with E-state index in [1.54, 1.807) is 12.1 Å². The summed E-state index contributed by atoms with van der Waals surface area (Å²) in [5.74, 6) is -1.22. The molecular weight excluding hydrogens is 292 g/mol. The molecule has 0 bridgehead atoms. The van der Waals surface area contributed by atoms with E-state index in [-0.39, 0.29) is 13.0 Å². The van der Waals surface area contributed by atoms with Gasteiger partial charge in [0.1, 0.15) is 0 Å². The third kappa shape index (κ3) is 2.96. The zero-order valence-corrected chi connectivity index (χ0v) is 12.6. The van der Waals surface area contributed by atoms with Crippen LogP contribution in [0.3, 0.4) is 0 Å². The van der Waals surface area contributed by atoms with E-state index in [1.807, 2.05) is 48.5 Å².